The molecule has 5 nitrogen and oxygen atoms in total. The molecule has 0 fully saturated rings. The molecule has 0 bridgehead atoms. The van der Waals surface area contributed by atoms with E-state index in [-0.39, 0.29) is 10.5 Å². The summed E-state index contributed by atoms with van der Waals surface area (Å²) in [6, 6.07) is 16.3. The number of nitrogens with one attached hydrogen (secondary N) is 2. The van der Waals surface area contributed by atoms with Gasteiger partial charge in [-0.25, -0.2) is 12.8 Å². The van der Waals surface area contributed by atoms with E-state index in [0.29, 0.717) is 12.2 Å². The average Bonchev–Trinajstić information content (AvgIpc) is 2.64. The number of hydrogen-bond acceptors (Lipinski definition) is 4. The zero-order valence-electron chi connectivity index (χ0n) is 14.1. The van der Waals surface area contributed by atoms with Crippen LogP contribution >= 0.6 is 0 Å². The van der Waals surface area contributed by atoms with Crippen LogP contribution in [0, 0.1) is 12.7 Å². The van der Waals surface area contributed by atoms with E-state index < -0.39 is 15.8 Å². The van der Waals surface area contributed by atoms with Crippen LogP contribution in [0.1, 0.15) is 11.3 Å². The Bertz CT molecular complexity index is 991. The Morgan fingerprint density at radius 3 is 2.38 bits per heavy atom. The van der Waals surface area contributed by atoms with E-state index in [1.165, 1.54) is 19.1 Å². The lowest BCUT2D eigenvalue weighted by molar-refractivity contribution is 0.598. The molecule has 0 atom stereocenters. The summed E-state index contributed by atoms with van der Waals surface area (Å²) in [6.07, 6.45) is 1.73. The summed E-state index contributed by atoms with van der Waals surface area (Å²) in [7, 11) is -3.77. The highest BCUT2D eigenvalue weighted by Crippen LogP contribution is 2.20. The van der Waals surface area contributed by atoms with Crippen LogP contribution in [0.5, 0.6) is 0 Å². The summed E-state index contributed by atoms with van der Waals surface area (Å²) in [5.74, 6) is -0.438. The Kier molecular flexibility index (Phi) is 5.18. The fourth-order valence-corrected chi connectivity index (χ4v) is 3.49. The van der Waals surface area contributed by atoms with Crippen molar-refractivity contribution in [3.05, 3.63) is 83.9 Å². The molecule has 2 aromatic carbocycles. The normalized spacial score (nSPS) is 11.2. The zero-order chi connectivity index (χ0) is 18.6. The Balaban J connectivity index is 1.67. The van der Waals surface area contributed by atoms with Gasteiger partial charge in [-0.3, -0.25) is 9.71 Å². The highest BCUT2D eigenvalue weighted by Gasteiger charge is 2.15. The van der Waals surface area contributed by atoms with Crippen LogP contribution in [-0.4, -0.2) is 13.4 Å². The highest BCUT2D eigenvalue weighted by atomic mass is 32.2. The predicted octanol–water partition coefficient (Wildman–Crippen LogP) is 3.94. The van der Waals surface area contributed by atoms with Gasteiger partial charge in [0.1, 0.15) is 5.82 Å². The molecule has 0 saturated heterocycles. The number of nitrogens with zero attached hydrogens (tertiary/aromatic N) is 1. The lowest BCUT2D eigenvalue weighted by Gasteiger charge is -2.10. The summed E-state index contributed by atoms with van der Waals surface area (Å²) in [5.41, 5.74) is 2.46. The first-order valence-electron chi connectivity index (χ1n) is 7.97. The molecule has 3 aromatic rings. The maximum Gasteiger partial charge on any atom is 0.261 e. The van der Waals surface area contributed by atoms with Crippen molar-refractivity contribution in [3.8, 4) is 0 Å². The number of benzene rings is 2. The third-order valence-corrected chi connectivity index (χ3v) is 5.16. The summed E-state index contributed by atoms with van der Waals surface area (Å²) in [5, 5.41) is 3.21. The standard InChI is InChI=1S/C19H18FN3O2S/c1-14-12-18(9-10-19(14)20)26(24,25)23-16-7-5-15(6-8-16)22-13-17-4-2-3-11-21-17/h2-12,22-23H,13H2,1H3. The van der Waals surface area contributed by atoms with Crippen LogP contribution in [0.25, 0.3) is 0 Å². The molecule has 7 heteroatoms. The van der Waals surface area contributed by atoms with Gasteiger partial charge in [0, 0.05) is 17.6 Å². The SMILES string of the molecule is Cc1cc(S(=O)(=O)Nc2ccc(NCc3ccccn3)cc2)ccc1F. The molecule has 0 unspecified atom stereocenters. The molecule has 26 heavy (non-hydrogen) atoms. The number of aryl methyl sites for hydroxylation is 1. The van der Waals surface area contributed by atoms with Gasteiger partial charge in [0.05, 0.1) is 17.1 Å². The van der Waals surface area contributed by atoms with Crippen molar-refractivity contribution in [1.82, 2.24) is 4.98 Å². The van der Waals surface area contributed by atoms with Gasteiger partial charge in [-0.2, -0.15) is 0 Å². The molecule has 0 radical (unpaired) electrons. The molecule has 1 aromatic heterocycles. The third-order valence-electron chi connectivity index (χ3n) is 3.78. The van der Waals surface area contributed by atoms with Crippen LogP contribution in [-0.2, 0) is 16.6 Å². The number of rotatable bonds is 6. The quantitative estimate of drug-likeness (QED) is 0.688. The molecule has 0 aliphatic carbocycles. The van der Waals surface area contributed by atoms with Crippen LogP contribution in [0.2, 0.25) is 0 Å². The molecule has 0 spiro atoms. The van der Waals surface area contributed by atoms with Crippen LogP contribution in [0.15, 0.2) is 71.8 Å². The van der Waals surface area contributed by atoms with Crippen molar-refractivity contribution in [2.45, 2.75) is 18.4 Å². The highest BCUT2D eigenvalue weighted by molar-refractivity contribution is 7.92. The van der Waals surface area contributed by atoms with E-state index in [1.54, 1.807) is 30.5 Å². The third kappa shape index (κ3) is 4.37. The van der Waals surface area contributed by atoms with Gasteiger partial charge in [-0.15, -0.1) is 0 Å². The maximum absolute atomic E-state index is 13.3. The average molecular weight is 371 g/mol. The number of sulfonamides is 1. The van der Waals surface area contributed by atoms with Gasteiger partial charge in [0.2, 0.25) is 0 Å². The van der Waals surface area contributed by atoms with Crippen LogP contribution < -0.4 is 10.0 Å². The van der Waals surface area contributed by atoms with Crippen molar-refractivity contribution < 1.29 is 12.8 Å². The van der Waals surface area contributed by atoms with Gasteiger partial charge in [-0.1, -0.05) is 6.07 Å². The fraction of sp³-hybridized carbons (Fsp3) is 0.105. The van der Waals surface area contributed by atoms with E-state index >= 15 is 0 Å². The van der Waals surface area contributed by atoms with E-state index in [9.17, 15) is 12.8 Å². The molecule has 0 saturated carbocycles. The predicted molar refractivity (Wildman–Crippen MR) is 100.0 cm³/mol. The Hall–Kier alpha value is -2.93. The zero-order valence-corrected chi connectivity index (χ0v) is 14.9. The molecule has 2 N–H and O–H groups in total. The Labute approximate surface area is 152 Å². The van der Waals surface area contributed by atoms with Gasteiger partial charge >= 0.3 is 0 Å². The van der Waals surface area contributed by atoms with Crippen molar-refractivity contribution in [1.29, 1.82) is 0 Å². The van der Waals surface area contributed by atoms with Crippen molar-refractivity contribution in [3.63, 3.8) is 0 Å². The molecule has 0 amide bonds. The Morgan fingerprint density at radius 1 is 1.00 bits per heavy atom. The summed E-state index contributed by atoms with van der Waals surface area (Å²) in [6.45, 7) is 2.09. The van der Waals surface area contributed by atoms with E-state index in [4.69, 9.17) is 0 Å². The molecular formula is C19H18FN3O2S. The van der Waals surface area contributed by atoms with Gasteiger partial charge < -0.3 is 5.32 Å². The second-order valence-electron chi connectivity index (χ2n) is 5.77. The number of aromatic nitrogens is 1. The Morgan fingerprint density at radius 2 is 1.73 bits per heavy atom. The molecule has 1 heterocycles. The largest absolute Gasteiger partial charge is 0.379 e. The molecule has 3 rings (SSSR count). The van der Waals surface area contributed by atoms with E-state index in [1.807, 2.05) is 18.2 Å². The van der Waals surface area contributed by atoms with Gasteiger partial charge in [0.15, 0.2) is 0 Å². The van der Waals surface area contributed by atoms with Gasteiger partial charge in [-0.05, 0) is 67.1 Å². The second kappa shape index (κ2) is 7.53. The maximum atomic E-state index is 13.3. The summed E-state index contributed by atoms with van der Waals surface area (Å²) in [4.78, 5) is 4.25. The lowest BCUT2D eigenvalue weighted by Crippen LogP contribution is -2.13. The molecule has 134 valence electrons. The van der Waals surface area contributed by atoms with Crippen molar-refractivity contribution >= 4 is 21.4 Å². The summed E-state index contributed by atoms with van der Waals surface area (Å²) >= 11 is 0. The monoisotopic (exact) mass is 371 g/mol. The van der Waals surface area contributed by atoms with Crippen molar-refractivity contribution in [2.75, 3.05) is 10.0 Å². The number of pyridine rings is 1. The first kappa shape index (κ1) is 17.9. The summed E-state index contributed by atoms with van der Waals surface area (Å²) < 4.78 is 40.6. The van der Waals surface area contributed by atoms with Crippen LogP contribution in [0.3, 0.4) is 0 Å². The lowest BCUT2D eigenvalue weighted by atomic mass is 10.2. The minimum Gasteiger partial charge on any atom is -0.379 e. The molecule has 0 aliphatic rings. The van der Waals surface area contributed by atoms with Crippen molar-refractivity contribution in [2.24, 2.45) is 0 Å². The number of halogens is 1. The first-order chi connectivity index (χ1) is 12.4. The minimum atomic E-state index is -3.77. The van der Waals surface area contributed by atoms with E-state index in [2.05, 4.69) is 15.0 Å². The second-order valence-corrected chi connectivity index (χ2v) is 7.45. The first-order valence-corrected chi connectivity index (χ1v) is 9.45. The topological polar surface area (TPSA) is 71.1 Å². The smallest absolute Gasteiger partial charge is 0.261 e. The minimum absolute atomic E-state index is 0.0220. The van der Waals surface area contributed by atoms with Gasteiger partial charge in [0.25, 0.3) is 10.0 Å². The van der Waals surface area contributed by atoms with Crippen LogP contribution in [0.4, 0.5) is 15.8 Å². The van der Waals surface area contributed by atoms with E-state index in [0.717, 1.165) is 17.4 Å². The molecular weight excluding hydrogens is 353 g/mol. The number of hydrogen-bond donors (Lipinski definition) is 2. The number of anilines is 2. The molecule has 0 aliphatic heterocycles. The fourth-order valence-electron chi connectivity index (χ4n) is 2.35.